The maximum absolute atomic E-state index is 11.5. The van der Waals surface area contributed by atoms with Gasteiger partial charge in [0.15, 0.2) is 0 Å². The van der Waals surface area contributed by atoms with Crippen molar-refractivity contribution in [3.05, 3.63) is 42.6 Å². The average Bonchev–Trinajstić information content (AvgIpc) is 3.45. The van der Waals surface area contributed by atoms with Crippen LogP contribution in [0.4, 0.5) is 0 Å². The fourth-order valence-corrected chi connectivity index (χ4v) is 5.99. The van der Waals surface area contributed by atoms with Crippen molar-refractivity contribution in [2.24, 2.45) is 5.41 Å². The number of aromatic nitrogens is 4. The second-order valence-corrected chi connectivity index (χ2v) is 11.0. The fraction of sp³-hybridized carbons (Fsp3) is 0.615. The van der Waals surface area contributed by atoms with Crippen LogP contribution in [0.15, 0.2) is 37.1 Å². The van der Waals surface area contributed by atoms with Gasteiger partial charge < -0.3 is 15.0 Å². The third kappa shape index (κ3) is 4.72. The van der Waals surface area contributed by atoms with Crippen molar-refractivity contribution in [3.8, 4) is 5.69 Å². The Morgan fingerprint density at radius 2 is 1.97 bits per heavy atom. The van der Waals surface area contributed by atoms with Crippen LogP contribution in [0, 0.1) is 5.41 Å². The highest BCUT2D eigenvalue weighted by atomic mass is 16.3. The summed E-state index contributed by atoms with van der Waals surface area (Å²) in [5.74, 6) is 0. The molecule has 2 aliphatic heterocycles. The van der Waals surface area contributed by atoms with Crippen LogP contribution in [-0.2, 0) is 6.42 Å². The van der Waals surface area contributed by atoms with Crippen LogP contribution >= 0.6 is 0 Å². The molecule has 3 aromatic rings. The molecule has 2 N–H and O–H groups in total. The topological polar surface area (TPSA) is 73.2 Å². The largest absolute Gasteiger partial charge is 0.376 e. The van der Waals surface area contributed by atoms with E-state index in [1.807, 2.05) is 4.57 Å². The van der Waals surface area contributed by atoms with E-state index in [0.717, 1.165) is 57.5 Å². The number of benzene rings is 1. The minimum absolute atomic E-state index is 0.307. The highest BCUT2D eigenvalue weighted by Crippen LogP contribution is 2.37. The van der Waals surface area contributed by atoms with E-state index in [2.05, 4.69) is 70.1 Å². The summed E-state index contributed by atoms with van der Waals surface area (Å²) >= 11 is 0. The quantitative estimate of drug-likeness (QED) is 0.594. The number of hydrogen-bond donors (Lipinski definition) is 2. The maximum atomic E-state index is 11.5. The molecule has 5 rings (SSSR count). The molecule has 178 valence electrons. The number of nitrogens with zero attached hydrogens (tertiary/aromatic N) is 5. The van der Waals surface area contributed by atoms with E-state index in [9.17, 15) is 5.11 Å². The molecule has 2 fully saturated rings. The van der Waals surface area contributed by atoms with Gasteiger partial charge in [-0.15, -0.1) is 10.2 Å². The van der Waals surface area contributed by atoms with E-state index in [-0.39, 0.29) is 0 Å². The fourth-order valence-electron chi connectivity index (χ4n) is 5.99. The lowest BCUT2D eigenvalue weighted by molar-refractivity contribution is -0.171. The predicted molar refractivity (Wildman–Crippen MR) is 131 cm³/mol. The van der Waals surface area contributed by atoms with Gasteiger partial charge in [-0.05, 0) is 68.3 Å². The second kappa shape index (κ2) is 8.85. The molecule has 0 amide bonds. The van der Waals surface area contributed by atoms with Gasteiger partial charge in [0.2, 0.25) is 0 Å². The molecule has 2 unspecified atom stereocenters. The molecule has 0 radical (unpaired) electrons. The third-order valence-corrected chi connectivity index (χ3v) is 7.89. The Morgan fingerprint density at radius 1 is 1.15 bits per heavy atom. The Hall–Kier alpha value is -2.22. The summed E-state index contributed by atoms with van der Waals surface area (Å²) in [5, 5.41) is 20.6. The monoisotopic (exact) mass is 450 g/mol. The number of piperidine rings is 2. The van der Waals surface area contributed by atoms with Crippen LogP contribution in [-0.4, -0.2) is 72.6 Å². The molecule has 7 heteroatoms. The number of hydrogen-bond acceptors (Lipinski definition) is 5. The van der Waals surface area contributed by atoms with Crippen molar-refractivity contribution in [1.82, 2.24) is 29.5 Å². The van der Waals surface area contributed by atoms with Gasteiger partial charge in [0, 0.05) is 61.3 Å². The highest BCUT2D eigenvalue weighted by molar-refractivity contribution is 5.85. The predicted octanol–water partition coefficient (Wildman–Crippen LogP) is 3.98. The first kappa shape index (κ1) is 22.6. The smallest absolute Gasteiger partial charge is 0.123 e. The summed E-state index contributed by atoms with van der Waals surface area (Å²) in [5.41, 5.74) is 3.28. The van der Waals surface area contributed by atoms with Gasteiger partial charge in [-0.25, -0.2) is 0 Å². The first-order valence-corrected chi connectivity index (χ1v) is 12.5. The Morgan fingerprint density at radius 3 is 2.73 bits per heavy atom. The molecule has 1 aromatic carbocycles. The zero-order valence-corrected chi connectivity index (χ0v) is 20.3. The van der Waals surface area contributed by atoms with Crippen LogP contribution in [0.5, 0.6) is 0 Å². The molecule has 4 heterocycles. The zero-order valence-electron chi connectivity index (χ0n) is 20.3. The van der Waals surface area contributed by atoms with Gasteiger partial charge >= 0.3 is 0 Å². The summed E-state index contributed by atoms with van der Waals surface area (Å²) in [6.07, 6.45) is 11.9. The van der Waals surface area contributed by atoms with Crippen LogP contribution in [0.25, 0.3) is 16.6 Å². The summed E-state index contributed by atoms with van der Waals surface area (Å²) in [6.45, 7) is 11.0. The first-order valence-electron chi connectivity index (χ1n) is 12.5. The number of likely N-dealkylation sites (tertiary alicyclic amines) is 2. The molecular formula is C26H38N6O. The van der Waals surface area contributed by atoms with E-state index in [1.165, 1.54) is 29.3 Å². The standard InChI is InChI=1S/C26H38N6O/c1-20-15-26(33,32-12-5-9-25(2,3)17-32)10-13-30(20)11-4-6-21-16-27-24-8-7-22(14-23(21)24)31-18-28-29-19-31/h7-8,14,16,18-20,27,33H,4-6,9-13,15,17H2,1-3H3. The molecule has 0 spiro atoms. The van der Waals surface area contributed by atoms with Crippen molar-refractivity contribution in [3.63, 3.8) is 0 Å². The average molecular weight is 451 g/mol. The summed E-state index contributed by atoms with van der Waals surface area (Å²) in [7, 11) is 0. The molecule has 2 atom stereocenters. The zero-order chi connectivity index (χ0) is 23.1. The van der Waals surface area contributed by atoms with Gasteiger partial charge in [0.05, 0.1) is 0 Å². The Balaban J connectivity index is 1.18. The van der Waals surface area contributed by atoms with Crippen molar-refractivity contribution in [1.29, 1.82) is 0 Å². The molecule has 2 aliphatic rings. The highest BCUT2D eigenvalue weighted by Gasteiger charge is 2.43. The van der Waals surface area contributed by atoms with Crippen LogP contribution in [0.2, 0.25) is 0 Å². The van der Waals surface area contributed by atoms with Crippen LogP contribution in [0.3, 0.4) is 0 Å². The SMILES string of the molecule is CC1CC(O)(N2CCCC(C)(C)C2)CCN1CCCc1c[nH]c2ccc(-n3cnnc3)cc12. The Bertz CT molecular complexity index is 1070. The number of aryl methyl sites for hydroxylation is 1. The number of fused-ring (bicyclic) bond motifs is 1. The van der Waals surface area contributed by atoms with E-state index in [0.29, 0.717) is 11.5 Å². The lowest BCUT2D eigenvalue weighted by atomic mass is 9.81. The number of nitrogens with one attached hydrogen (secondary N) is 1. The van der Waals surface area contributed by atoms with Crippen molar-refractivity contribution in [2.75, 3.05) is 26.2 Å². The third-order valence-electron chi connectivity index (χ3n) is 7.89. The molecule has 33 heavy (non-hydrogen) atoms. The van der Waals surface area contributed by atoms with Gasteiger partial charge in [-0.1, -0.05) is 13.8 Å². The molecule has 7 nitrogen and oxygen atoms in total. The van der Waals surface area contributed by atoms with Gasteiger partial charge in [0.1, 0.15) is 18.4 Å². The molecular weight excluding hydrogens is 412 g/mol. The van der Waals surface area contributed by atoms with Crippen LogP contribution < -0.4 is 0 Å². The van der Waals surface area contributed by atoms with Gasteiger partial charge in [0.25, 0.3) is 0 Å². The van der Waals surface area contributed by atoms with E-state index < -0.39 is 5.72 Å². The number of H-pyrrole nitrogens is 1. The summed E-state index contributed by atoms with van der Waals surface area (Å²) in [6, 6.07) is 6.83. The lowest BCUT2D eigenvalue weighted by Gasteiger charge is -2.52. The molecule has 2 saturated heterocycles. The summed E-state index contributed by atoms with van der Waals surface area (Å²) in [4.78, 5) is 8.37. The summed E-state index contributed by atoms with van der Waals surface area (Å²) < 4.78 is 1.94. The first-order chi connectivity index (χ1) is 15.8. The second-order valence-electron chi connectivity index (χ2n) is 11.0. The lowest BCUT2D eigenvalue weighted by Crippen LogP contribution is -2.61. The van der Waals surface area contributed by atoms with Crippen molar-refractivity contribution < 1.29 is 5.11 Å². The van der Waals surface area contributed by atoms with Gasteiger partial charge in [-0.2, -0.15) is 0 Å². The van der Waals surface area contributed by atoms with Crippen molar-refractivity contribution >= 4 is 10.9 Å². The Kier molecular flexibility index (Phi) is 6.05. The number of aliphatic hydroxyl groups is 1. The van der Waals surface area contributed by atoms with E-state index >= 15 is 0 Å². The molecule has 0 bridgehead atoms. The molecule has 0 saturated carbocycles. The Labute approximate surface area is 196 Å². The van der Waals surface area contributed by atoms with E-state index in [4.69, 9.17) is 0 Å². The minimum Gasteiger partial charge on any atom is -0.376 e. The minimum atomic E-state index is -0.636. The van der Waals surface area contributed by atoms with E-state index in [1.54, 1.807) is 12.7 Å². The number of rotatable bonds is 6. The molecule has 2 aromatic heterocycles. The maximum Gasteiger partial charge on any atom is 0.123 e. The normalized spacial score (nSPS) is 26.7. The number of aromatic amines is 1. The van der Waals surface area contributed by atoms with Crippen molar-refractivity contribution in [2.45, 2.75) is 71.1 Å². The van der Waals surface area contributed by atoms with Gasteiger partial charge in [-0.3, -0.25) is 9.47 Å². The molecule has 0 aliphatic carbocycles. The van der Waals surface area contributed by atoms with Crippen LogP contribution in [0.1, 0.15) is 58.4 Å².